The summed E-state index contributed by atoms with van der Waals surface area (Å²) in [5.74, 6) is -1.28. The van der Waals surface area contributed by atoms with Crippen LogP contribution in [-0.2, 0) is 19.1 Å². The third kappa shape index (κ3) is 6.58. The highest BCUT2D eigenvalue weighted by atomic mass is 35.5. The Hall–Kier alpha value is -3.50. The normalized spacial score (nSPS) is 14.2. The van der Waals surface area contributed by atoms with Crippen molar-refractivity contribution < 1.29 is 33.4 Å². The van der Waals surface area contributed by atoms with Crippen LogP contribution < -0.4 is 14.8 Å². The van der Waals surface area contributed by atoms with Crippen molar-refractivity contribution in [2.24, 2.45) is 0 Å². The van der Waals surface area contributed by atoms with Crippen LogP contribution in [0.15, 0.2) is 35.2 Å². The van der Waals surface area contributed by atoms with Gasteiger partial charge in [0.05, 0.1) is 23.6 Å². The number of anilines is 1. The van der Waals surface area contributed by atoms with Gasteiger partial charge in [0, 0.05) is 5.69 Å². The molecular formula is C25H25ClN2O7S. The number of benzene rings is 2. The summed E-state index contributed by atoms with van der Waals surface area (Å²) in [6, 6.07) is 8.50. The molecule has 1 N–H and O–H groups in total. The number of hydrogen-bond acceptors (Lipinski definition) is 8. The molecule has 3 amide bonds. The first-order valence-corrected chi connectivity index (χ1v) is 12.1. The molecule has 0 bridgehead atoms. The minimum atomic E-state index is -0.599. The van der Waals surface area contributed by atoms with Crippen molar-refractivity contribution in [3.63, 3.8) is 0 Å². The Balaban J connectivity index is 1.72. The maximum atomic E-state index is 12.8. The van der Waals surface area contributed by atoms with Crippen LogP contribution in [0.2, 0.25) is 5.02 Å². The fraction of sp³-hybridized carbons (Fsp3) is 0.280. The lowest BCUT2D eigenvalue weighted by atomic mass is 10.1. The number of carbonyl (C=O) groups is 4. The first-order chi connectivity index (χ1) is 17.1. The average Bonchev–Trinajstić information content (AvgIpc) is 3.07. The molecule has 1 aliphatic rings. The molecule has 1 fully saturated rings. The van der Waals surface area contributed by atoms with Crippen LogP contribution >= 0.6 is 23.4 Å². The molecule has 0 spiro atoms. The Kier molecular flexibility index (Phi) is 9.00. The molecule has 190 valence electrons. The van der Waals surface area contributed by atoms with Crippen LogP contribution in [0.4, 0.5) is 10.5 Å². The third-order valence-electron chi connectivity index (χ3n) is 5.16. The minimum Gasteiger partial charge on any atom is -0.493 e. The van der Waals surface area contributed by atoms with E-state index in [4.69, 9.17) is 25.8 Å². The number of esters is 1. The number of methoxy groups -OCH3 is 1. The van der Waals surface area contributed by atoms with Gasteiger partial charge in [-0.2, -0.15) is 0 Å². The smallest absolute Gasteiger partial charge is 0.344 e. The molecule has 0 radical (unpaired) electrons. The number of ether oxygens (including phenoxy) is 3. The number of thioether (sulfide) groups is 1. The van der Waals surface area contributed by atoms with E-state index in [1.54, 1.807) is 19.1 Å². The van der Waals surface area contributed by atoms with Gasteiger partial charge in [-0.3, -0.25) is 19.3 Å². The monoisotopic (exact) mass is 532 g/mol. The predicted molar refractivity (Wildman–Crippen MR) is 137 cm³/mol. The zero-order valence-electron chi connectivity index (χ0n) is 20.2. The van der Waals surface area contributed by atoms with E-state index in [2.05, 4.69) is 5.32 Å². The second kappa shape index (κ2) is 12.0. The van der Waals surface area contributed by atoms with Gasteiger partial charge in [-0.15, -0.1) is 0 Å². The molecule has 1 heterocycles. The molecule has 0 saturated carbocycles. The van der Waals surface area contributed by atoms with Crippen molar-refractivity contribution in [3.8, 4) is 11.5 Å². The summed E-state index contributed by atoms with van der Waals surface area (Å²) in [5.41, 5.74) is 3.13. The van der Waals surface area contributed by atoms with Gasteiger partial charge in [0.25, 0.3) is 11.1 Å². The number of carbonyl (C=O) groups excluding carboxylic acids is 4. The summed E-state index contributed by atoms with van der Waals surface area (Å²) in [6.07, 6.45) is 1.47. The summed E-state index contributed by atoms with van der Waals surface area (Å²) < 4.78 is 15.6. The topological polar surface area (TPSA) is 111 Å². The number of rotatable bonds is 9. The van der Waals surface area contributed by atoms with Crippen molar-refractivity contribution in [2.75, 3.05) is 32.2 Å². The standard InChI is InChI=1S/C25H25ClN2O7S/c1-5-34-22(30)13-35-23-18(26)9-16(10-19(23)33-4)11-20-24(31)28(25(32)36-20)12-21(29)27-17-7-6-14(2)15(3)8-17/h6-11H,5,12-13H2,1-4H3,(H,27,29)/b20-11-. The van der Waals surface area contributed by atoms with Gasteiger partial charge in [0.2, 0.25) is 5.91 Å². The van der Waals surface area contributed by atoms with Gasteiger partial charge in [0.1, 0.15) is 6.54 Å². The van der Waals surface area contributed by atoms with E-state index in [-0.39, 0.29) is 34.6 Å². The lowest BCUT2D eigenvalue weighted by Crippen LogP contribution is -2.36. The van der Waals surface area contributed by atoms with Crippen molar-refractivity contribution in [1.29, 1.82) is 0 Å². The van der Waals surface area contributed by atoms with E-state index in [0.29, 0.717) is 23.0 Å². The quantitative estimate of drug-likeness (QED) is 0.369. The first kappa shape index (κ1) is 27.1. The number of amides is 3. The Bertz CT molecular complexity index is 1250. The molecule has 1 saturated heterocycles. The maximum Gasteiger partial charge on any atom is 0.344 e. The molecule has 11 heteroatoms. The highest BCUT2D eigenvalue weighted by Gasteiger charge is 2.36. The minimum absolute atomic E-state index is 0.122. The van der Waals surface area contributed by atoms with Crippen LogP contribution in [0.5, 0.6) is 11.5 Å². The molecule has 0 unspecified atom stereocenters. The Labute approximate surface area is 217 Å². The molecular weight excluding hydrogens is 508 g/mol. The van der Waals surface area contributed by atoms with Crippen molar-refractivity contribution >= 4 is 58.1 Å². The number of imide groups is 1. The van der Waals surface area contributed by atoms with E-state index in [0.717, 1.165) is 16.0 Å². The number of halogens is 1. The predicted octanol–water partition coefficient (Wildman–Crippen LogP) is 4.58. The molecule has 0 aliphatic carbocycles. The largest absolute Gasteiger partial charge is 0.493 e. The number of nitrogens with zero attached hydrogens (tertiary/aromatic N) is 1. The number of nitrogens with one attached hydrogen (secondary N) is 1. The fourth-order valence-corrected chi connectivity index (χ4v) is 4.36. The highest BCUT2D eigenvalue weighted by molar-refractivity contribution is 8.18. The molecule has 2 aromatic carbocycles. The Morgan fingerprint density at radius 2 is 1.89 bits per heavy atom. The molecule has 1 aliphatic heterocycles. The molecule has 3 rings (SSSR count). The zero-order valence-corrected chi connectivity index (χ0v) is 21.7. The van der Waals surface area contributed by atoms with Crippen LogP contribution in [0, 0.1) is 13.8 Å². The summed E-state index contributed by atoms with van der Waals surface area (Å²) in [7, 11) is 1.40. The highest BCUT2D eigenvalue weighted by Crippen LogP contribution is 2.39. The van der Waals surface area contributed by atoms with E-state index in [9.17, 15) is 19.2 Å². The van der Waals surface area contributed by atoms with E-state index < -0.39 is 29.6 Å². The van der Waals surface area contributed by atoms with Crippen LogP contribution in [0.3, 0.4) is 0 Å². The molecule has 0 aromatic heterocycles. The van der Waals surface area contributed by atoms with Gasteiger partial charge in [-0.05, 0) is 79.6 Å². The third-order valence-corrected chi connectivity index (χ3v) is 6.34. The average molecular weight is 533 g/mol. The van der Waals surface area contributed by atoms with Gasteiger partial charge in [0.15, 0.2) is 18.1 Å². The van der Waals surface area contributed by atoms with Crippen molar-refractivity contribution in [2.45, 2.75) is 20.8 Å². The lowest BCUT2D eigenvalue weighted by molar-refractivity contribution is -0.145. The summed E-state index contributed by atoms with van der Waals surface area (Å²) in [4.78, 5) is 50.4. The van der Waals surface area contributed by atoms with Crippen LogP contribution in [0.25, 0.3) is 6.08 Å². The van der Waals surface area contributed by atoms with Gasteiger partial charge in [-0.25, -0.2) is 4.79 Å². The van der Waals surface area contributed by atoms with Gasteiger partial charge < -0.3 is 19.5 Å². The fourth-order valence-electron chi connectivity index (χ4n) is 3.25. The lowest BCUT2D eigenvalue weighted by Gasteiger charge is -2.13. The molecule has 36 heavy (non-hydrogen) atoms. The van der Waals surface area contributed by atoms with Gasteiger partial charge in [-0.1, -0.05) is 17.7 Å². The Morgan fingerprint density at radius 3 is 2.56 bits per heavy atom. The van der Waals surface area contributed by atoms with Crippen LogP contribution in [0.1, 0.15) is 23.6 Å². The van der Waals surface area contributed by atoms with Crippen LogP contribution in [-0.4, -0.2) is 54.8 Å². The summed E-state index contributed by atoms with van der Waals surface area (Å²) in [5, 5.41) is 2.28. The van der Waals surface area contributed by atoms with Crippen molar-refractivity contribution in [3.05, 3.63) is 56.9 Å². The van der Waals surface area contributed by atoms with Gasteiger partial charge >= 0.3 is 5.97 Å². The molecule has 9 nitrogen and oxygen atoms in total. The van der Waals surface area contributed by atoms with E-state index in [1.165, 1.54) is 19.3 Å². The van der Waals surface area contributed by atoms with E-state index >= 15 is 0 Å². The number of aryl methyl sites for hydroxylation is 2. The molecule has 2 aromatic rings. The second-order valence-electron chi connectivity index (χ2n) is 7.74. The zero-order chi connectivity index (χ0) is 26.4. The Morgan fingerprint density at radius 1 is 1.14 bits per heavy atom. The SMILES string of the molecule is CCOC(=O)COc1c(Cl)cc(/C=C2\SC(=O)N(CC(=O)Nc3ccc(C)c(C)c3)C2=O)cc1OC. The summed E-state index contributed by atoms with van der Waals surface area (Å²) in [6.45, 7) is 5.01. The molecule has 0 atom stereocenters. The second-order valence-corrected chi connectivity index (χ2v) is 9.14. The first-order valence-electron chi connectivity index (χ1n) is 10.9. The van der Waals surface area contributed by atoms with Crippen molar-refractivity contribution in [1.82, 2.24) is 4.90 Å². The van der Waals surface area contributed by atoms with E-state index in [1.807, 2.05) is 26.0 Å². The maximum absolute atomic E-state index is 12.8. The number of hydrogen-bond donors (Lipinski definition) is 1. The summed E-state index contributed by atoms with van der Waals surface area (Å²) >= 11 is 7.03.